The number of anilines is 1. The standard InChI is InChI=1S/C28H34N4O4S/c33-24(30-22-12-6-2-7-13-22)14-8-3-9-18-31-27(35)26-23(16-19-37-26)32(28(31)36)20-25(34)29-17-15-21-10-4-1-5-11-21/h2,6-7,10,12-13,16,19H,1,3-5,8-9,11,14-15,17-18,20H2,(H,29,34)(H,30,33). The van der Waals surface area contributed by atoms with Crippen molar-refractivity contribution in [3.63, 3.8) is 0 Å². The molecule has 4 rings (SSSR count). The van der Waals surface area contributed by atoms with E-state index in [0.29, 0.717) is 42.4 Å². The molecule has 0 spiro atoms. The van der Waals surface area contributed by atoms with Gasteiger partial charge in [-0.1, -0.05) is 36.3 Å². The summed E-state index contributed by atoms with van der Waals surface area (Å²) in [4.78, 5) is 50.9. The van der Waals surface area contributed by atoms with Gasteiger partial charge in [-0.25, -0.2) is 4.79 Å². The molecule has 0 unspecified atom stereocenters. The van der Waals surface area contributed by atoms with E-state index in [1.165, 1.54) is 38.9 Å². The van der Waals surface area contributed by atoms with Gasteiger partial charge in [0.15, 0.2) is 0 Å². The van der Waals surface area contributed by atoms with Crippen molar-refractivity contribution >= 4 is 39.1 Å². The SMILES string of the molecule is O=C(Cn1c(=O)n(CCCCCC(=O)Nc2ccccc2)c(=O)c2sccc21)NCCC1=CCCCC1. The molecule has 0 fully saturated rings. The molecule has 3 aromatic rings. The molecular weight excluding hydrogens is 488 g/mol. The van der Waals surface area contributed by atoms with Gasteiger partial charge in [-0.15, -0.1) is 11.3 Å². The first-order valence-electron chi connectivity index (χ1n) is 13.0. The van der Waals surface area contributed by atoms with E-state index in [1.54, 1.807) is 11.4 Å². The minimum Gasteiger partial charge on any atom is -0.354 e. The molecule has 37 heavy (non-hydrogen) atoms. The average molecular weight is 523 g/mol. The number of allylic oxidation sites excluding steroid dienone is 1. The Morgan fingerprint density at radius 2 is 1.78 bits per heavy atom. The number of nitrogens with one attached hydrogen (secondary N) is 2. The summed E-state index contributed by atoms with van der Waals surface area (Å²) >= 11 is 1.28. The number of fused-ring (bicyclic) bond motifs is 1. The Hall–Kier alpha value is -3.46. The highest BCUT2D eigenvalue weighted by Gasteiger charge is 2.16. The van der Waals surface area contributed by atoms with Crippen LogP contribution >= 0.6 is 11.3 Å². The van der Waals surface area contributed by atoms with Gasteiger partial charge < -0.3 is 10.6 Å². The number of para-hydroxylation sites is 1. The van der Waals surface area contributed by atoms with Gasteiger partial charge in [0.1, 0.15) is 11.2 Å². The zero-order valence-corrected chi connectivity index (χ0v) is 21.9. The summed E-state index contributed by atoms with van der Waals surface area (Å²) in [7, 11) is 0. The van der Waals surface area contributed by atoms with Gasteiger partial charge in [-0.3, -0.25) is 23.5 Å². The summed E-state index contributed by atoms with van der Waals surface area (Å²) in [5.41, 5.74) is 1.86. The minimum absolute atomic E-state index is 0.0588. The van der Waals surface area contributed by atoms with Crippen LogP contribution in [0.25, 0.3) is 10.2 Å². The molecule has 2 N–H and O–H groups in total. The third-order valence-electron chi connectivity index (χ3n) is 6.63. The lowest BCUT2D eigenvalue weighted by Gasteiger charge is -2.14. The molecule has 8 nitrogen and oxygen atoms in total. The van der Waals surface area contributed by atoms with E-state index >= 15 is 0 Å². The number of carbonyl (C=O) groups excluding carboxylic acids is 2. The lowest BCUT2D eigenvalue weighted by Crippen LogP contribution is -2.42. The molecule has 1 aromatic carbocycles. The van der Waals surface area contributed by atoms with Gasteiger partial charge in [0.25, 0.3) is 5.56 Å². The average Bonchev–Trinajstić information content (AvgIpc) is 3.40. The Kier molecular flexibility index (Phi) is 9.48. The van der Waals surface area contributed by atoms with Gasteiger partial charge in [0, 0.05) is 25.2 Å². The lowest BCUT2D eigenvalue weighted by molar-refractivity contribution is -0.121. The van der Waals surface area contributed by atoms with Crippen LogP contribution in [-0.4, -0.2) is 27.5 Å². The second-order valence-corrected chi connectivity index (χ2v) is 10.3. The molecule has 0 saturated heterocycles. The monoisotopic (exact) mass is 522 g/mol. The molecule has 0 radical (unpaired) electrons. The molecule has 2 amide bonds. The maximum atomic E-state index is 13.2. The zero-order valence-electron chi connectivity index (χ0n) is 21.0. The zero-order chi connectivity index (χ0) is 26.0. The van der Waals surface area contributed by atoms with Crippen LogP contribution in [0.3, 0.4) is 0 Å². The van der Waals surface area contributed by atoms with Gasteiger partial charge in [0.05, 0.1) is 5.52 Å². The van der Waals surface area contributed by atoms with E-state index in [1.807, 2.05) is 30.3 Å². The third-order valence-corrected chi connectivity index (χ3v) is 7.53. The highest BCUT2D eigenvalue weighted by Crippen LogP contribution is 2.19. The summed E-state index contributed by atoms with van der Waals surface area (Å²) in [5.74, 6) is -0.294. The van der Waals surface area contributed by atoms with Crippen LogP contribution in [0.1, 0.15) is 57.8 Å². The number of unbranched alkanes of at least 4 members (excludes halogenated alkanes) is 2. The van der Waals surface area contributed by atoms with E-state index in [2.05, 4.69) is 16.7 Å². The molecule has 9 heteroatoms. The third kappa shape index (κ3) is 7.29. The number of hydrogen-bond acceptors (Lipinski definition) is 5. The van der Waals surface area contributed by atoms with Gasteiger partial charge in [0.2, 0.25) is 11.8 Å². The first-order valence-corrected chi connectivity index (χ1v) is 13.9. The summed E-state index contributed by atoms with van der Waals surface area (Å²) in [6.45, 7) is 0.677. The minimum atomic E-state index is -0.470. The van der Waals surface area contributed by atoms with Crippen LogP contribution in [-0.2, 0) is 22.7 Å². The van der Waals surface area contributed by atoms with E-state index in [4.69, 9.17) is 0 Å². The predicted octanol–water partition coefficient (Wildman–Crippen LogP) is 4.43. The molecule has 2 heterocycles. The van der Waals surface area contributed by atoms with Crippen LogP contribution in [0.5, 0.6) is 0 Å². The highest BCUT2D eigenvalue weighted by atomic mass is 32.1. The smallest absolute Gasteiger partial charge is 0.332 e. The fraction of sp³-hybridized carbons (Fsp3) is 0.429. The predicted molar refractivity (Wildman–Crippen MR) is 148 cm³/mol. The fourth-order valence-corrected chi connectivity index (χ4v) is 5.50. The number of nitrogens with zero attached hydrogens (tertiary/aromatic N) is 2. The van der Waals surface area contributed by atoms with Crippen LogP contribution in [0.4, 0.5) is 5.69 Å². The van der Waals surface area contributed by atoms with Gasteiger partial charge in [-0.2, -0.15) is 0 Å². The largest absolute Gasteiger partial charge is 0.354 e. The van der Waals surface area contributed by atoms with E-state index in [9.17, 15) is 19.2 Å². The van der Waals surface area contributed by atoms with Crippen LogP contribution in [0.15, 0.2) is 63.0 Å². The summed E-state index contributed by atoms with van der Waals surface area (Å²) in [6.07, 6.45) is 10.0. The van der Waals surface area contributed by atoms with Crippen molar-refractivity contribution in [3.8, 4) is 0 Å². The number of hydrogen-bond donors (Lipinski definition) is 2. The number of benzene rings is 1. The molecule has 0 bridgehead atoms. The topological polar surface area (TPSA) is 102 Å². The Balaban J connectivity index is 1.32. The first-order chi connectivity index (χ1) is 18.0. The molecule has 0 saturated carbocycles. The second kappa shape index (κ2) is 13.2. The van der Waals surface area contributed by atoms with Crippen molar-refractivity contribution < 1.29 is 9.59 Å². The van der Waals surface area contributed by atoms with Crippen LogP contribution in [0.2, 0.25) is 0 Å². The van der Waals surface area contributed by atoms with Crippen molar-refractivity contribution in [3.05, 3.63) is 74.3 Å². The van der Waals surface area contributed by atoms with Crippen LogP contribution < -0.4 is 21.9 Å². The molecule has 1 aliphatic carbocycles. The maximum Gasteiger partial charge on any atom is 0.332 e. The first kappa shape index (κ1) is 26.6. The Labute approximate surface area is 220 Å². The number of carbonyl (C=O) groups is 2. The maximum absolute atomic E-state index is 13.2. The fourth-order valence-electron chi connectivity index (χ4n) is 4.65. The van der Waals surface area contributed by atoms with Crippen molar-refractivity contribution in [2.24, 2.45) is 0 Å². The Bertz CT molecular complexity index is 1370. The second-order valence-electron chi connectivity index (χ2n) is 9.39. The number of thiophene rings is 1. The highest BCUT2D eigenvalue weighted by molar-refractivity contribution is 7.17. The van der Waals surface area contributed by atoms with Crippen LogP contribution in [0, 0.1) is 0 Å². The molecule has 196 valence electrons. The van der Waals surface area contributed by atoms with Crippen molar-refractivity contribution in [2.75, 3.05) is 11.9 Å². The quantitative estimate of drug-likeness (QED) is 0.271. The normalized spacial score (nSPS) is 13.4. The number of aromatic nitrogens is 2. The summed E-state index contributed by atoms with van der Waals surface area (Å²) in [5, 5.41) is 7.55. The molecule has 1 aliphatic rings. The Morgan fingerprint density at radius 1 is 0.946 bits per heavy atom. The summed E-state index contributed by atoms with van der Waals surface area (Å²) in [6, 6.07) is 11.0. The molecule has 2 aromatic heterocycles. The van der Waals surface area contributed by atoms with Crippen molar-refractivity contribution in [2.45, 2.75) is 70.9 Å². The van der Waals surface area contributed by atoms with E-state index < -0.39 is 5.69 Å². The van der Waals surface area contributed by atoms with E-state index in [-0.39, 0.29) is 30.5 Å². The molecular formula is C28H34N4O4S. The summed E-state index contributed by atoms with van der Waals surface area (Å²) < 4.78 is 3.10. The molecule has 0 aliphatic heterocycles. The molecule has 0 atom stereocenters. The van der Waals surface area contributed by atoms with Gasteiger partial charge >= 0.3 is 5.69 Å². The number of amides is 2. The lowest BCUT2D eigenvalue weighted by atomic mass is 9.97. The van der Waals surface area contributed by atoms with Crippen molar-refractivity contribution in [1.29, 1.82) is 0 Å². The number of rotatable bonds is 12. The van der Waals surface area contributed by atoms with E-state index in [0.717, 1.165) is 24.9 Å². The van der Waals surface area contributed by atoms with Crippen molar-refractivity contribution in [1.82, 2.24) is 14.5 Å². The Morgan fingerprint density at radius 3 is 2.57 bits per heavy atom. The van der Waals surface area contributed by atoms with Gasteiger partial charge in [-0.05, 0) is 68.5 Å².